The topological polar surface area (TPSA) is 86.8 Å². The highest BCUT2D eigenvalue weighted by molar-refractivity contribution is 7.89. The highest BCUT2D eigenvalue weighted by atomic mass is 32.2. The maximum Gasteiger partial charge on any atom is 0.416 e. The Bertz CT molecular complexity index is 1080. The van der Waals surface area contributed by atoms with Crippen molar-refractivity contribution in [2.45, 2.75) is 24.4 Å². The normalized spacial score (nSPS) is 15.4. The zero-order chi connectivity index (χ0) is 23.5. The number of anilines is 1. The van der Waals surface area contributed by atoms with Gasteiger partial charge in [-0.3, -0.25) is 9.59 Å². The van der Waals surface area contributed by atoms with Crippen molar-refractivity contribution in [3.8, 4) is 0 Å². The number of halogens is 3. The van der Waals surface area contributed by atoms with E-state index in [4.69, 9.17) is 0 Å². The second-order valence-corrected chi connectivity index (χ2v) is 9.30. The molecule has 0 bridgehead atoms. The lowest BCUT2D eigenvalue weighted by Crippen LogP contribution is -2.50. The SMILES string of the molecule is CC(=O)Nc1ccc(CC(=O)N2CCN(S(=O)(=O)c3ccc(C(F)(F)F)cc3)CC2)cc1. The van der Waals surface area contributed by atoms with Gasteiger partial charge in [0.2, 0.25) is 21.8 Å². The minimum absolute atomic E-state index is 0.0521. The molecule has 172 valence electrons. The molecule has 2 amide bonds. The first-order valence-corrected chi connectivity index (χ1v) is 11.2. The van der Waals surface area contributed by atoms with Crippen molar-refractivity contribution in [2.24, 2.45) is 0 Å². The summed E-state index contributed by atoms with van der Waals surface area (Å²) >= 11 is 0. The number of nitrogens with zero attached hydrogens (tertiary/aromatic N) is 2. The molecule has 0 aliphatic carbocycles. The molecule has 2 aromatic rings. The zero-order valence-electron chi connectivity index (χ0n) is 17.2. The summed E-state index contributed by atoms with van der Waals surface area (Å²) in [5.74, 6) is -0.359. The van der Waals surface area contributed by atoms with E-state index in [1.807, 2.05) is 0 Å². The third-order valence-corrected chi connectivity index (χ3v) is 6.95. The van der Waals surface area contributed by atoms with Crippen molar-refractivity contribution in [3.63, 3.8) is 0 Å². The number of carbonyl (C=O) groups excluding carboxylic acids is 2. The number of alkyl halides is 3. The van der Waals surface area contributed by atoms with Gasteiger partial charge in [-0.25, -0.2) is 8.42 Å². The maximum atomic E-state index is 12.7. The summed E-state index contributed by atoms with van der Waals surface area (Å²) in [5, 5.41) is 2.64. The average molecular weight is 469 g/mol. The molecule has 1 aliphatic rings. The van der Waals surface area contributed by atoms with Gasteiger partial charge in [-0.15, -0.1) is 0 Å². The summed E-state index contributed by atoms with van der Waals surface area (Å²) in [6.45, 7) is 1.87. The van der Waals surface area contributed by atoms with E-state index in [2.05, 4.69) is 5.32 Å². The predicted molar refractivity (Wildman–Crippen MR) is 111 cm³/mol. The lowest BCUT2D eigenvalue weighted by molar-refractivity contribution is -0.137. The van der Waals surface area contributed by atoms with E-state index in [0.29, 0.717) is 5.69 Å². The van der Waals surface area contributed by atoms with Crippen molar-refractivity contribution in [3.05, 3.63) is 59.7 Å². The van der Waals surface area contributed by atoms with E-state index in [1.54, 1.807) is 29.2 Å². The van der Waals surface area contributed by atoms with E-state index < -0.39 is 21.8 Å². The molecule has 1 aliphatic heterocycles. The Morgan fingerprint density at radius 3 is 2.00 bits per heavy atom. The molecule has 1 N–H and O–H groups in total. The van der Waals surface area contributed by atoms with Crippen molar-refractivity contribution in [2.75, 3.05) is 31.5 Å². The van der Waals surface area contributed by atoms with Crippen LogP contribution in [0, 0.1) is 0 Å². The molecule has 0 spiro atoms. The molecule has 3 rings (SSSR count). The highest BCUT2D eigenvalue weighted by Crippen LogP contribution is 2.30. The first kappa shape index (κ1) is 23.7. The van der Waals surface area contributed by atoms with Gasteiger partial charge in [0.1, 0.15) is 0 Å². The second kappa shape index (κ2) is 9.29. The van der Waals surface area contributed by atoms with Gasteiger partial charge in [-0.2, -0.15) is 17.5 Å². The van der Waals surface area contributed by atoms with Crippen LogP contribution >= 0.6 is 0 Å². The van der Waals surface area contributed by atoms with Crippen LogP contribution < -0.4 is 5.32 Å². The van der Waals surface area contributed by atoms with Crippen LogP contribution in [0.5, 0.6) is 0 Å². The van der Waals surface area contributed by atoms with E-state index >= 15 is 0 Å². The third kappa shape index (κ3) is 5.65. The van der Waals surface area contributed by atoms with Gasteiger partial charge < -0.3 is 10.2 Å². The molecule has 1 fully saturated rings. The summed E-state index contributed by atoms with van der Waals surface area (Å²) in [7, 11) is -3.95. The molecule has 32 heavy (non-hydrogen) atoms. The highest BCUT2D eigenvalue weighted by Gasteiger charge is 2.33. The van der Waals surface area contributed by atoms with Crippen molar-refractivity contribution >= 4 is 27.5 Å². The number of hydrogen-bond donors (Lipinski definition) is 1. The van der Waals surface area contributed by atoms with Crippen LogP contribution in [0.25, 0.3) is 0 Å². The third-order valence-electron chi connectivity index (χ3n) is 5.04. The van der Waals surface area contributed by atoms with Gasteiger partial charge in [0, 0.05) is 38.8 Å². The van der Waals surface area contributed by atoms with Gasteiger partial charge >= 0.3 is 6.18 Å². The van der Waals surface area contributed by atoms with Crippen LogP contribution in [0.15, 0.2) is 53.4 Å². The van der Waals surface area contributed by atoms with Crippen LogP contribution in [0.2, 0.25) is 0 Å². The van der Waals surface area contributed by atoms with Gasteiger partial charge in [-0.05, 0) is 42.0 Å². The molecule has 0 radical (unpaired) electrons. The monoisotopic (exact) mass is 469 g/mol. The Morgan fingerprint density at radius 2 is 1.50 bits per heavy atom. The lowest BCUT2D eigenvalue weighted by Gasteiger charge is -2.34. The molecular weight excluding hydrogens is 447 g/mol. The van der Waals surface area contributed by atoms with Gasteiger partial charge in [0.25, 0.3) is 0 Å². The molecule has 0 atom stereocenters. The van der Waals surface area contributed by atoms with Crippen LogP contribution in [0.1, 0.15) is 18.1 Å². The van der Waals surface area contributed by atoms with Crippen molar-refractivity contribution < 1.29 is 31.2 Å². The number of piperazine rings is 1. The number of rotatable bonds is 5. The zero-order valence-corrected chi connectivity index (χ0v) is 18.0. The summed E-state index contributed by atoms with van der Waals surface area (Å²) in [6.07, 6.45) is -4.41. The van der Waals surface area contributed by atoms with Crippen LogP contribution in [0.4, 0.5) is 18.9 Å². The van der Waals surface area contributed by atoms with Crippen molar-refractivity contribution in [1.82, 2.24) is 9.21 Å². The summed E-state index contributed by atoms with van der Waals surface area (Å²) < 4.78 is 64.7. The fourth-order valence-electron chi connectivity index (χ4n) is 3.34. The van der Waals surface area contributed by atoms with Gasteiger partial charge in [-0.1, -0.05) is 12.1 Å². The molecule has 0 saturated carbocycles. The minimum atomic E-state index is -4.54. The number of amides is 2. The first-order chi connectivity index (χ1) is 15.0. The van der Waals surface area contributed by atoms with E-state index in [-0.39, 0.29) is 49.3 Å². The number of hydrogen-bond acceptors (Lipinski definition) is 4. The maximum absolute atomic E-state index is 12.7. The first-order valence-electron chi connectivity index (χ1n) is 9.78. The Balaban J connectivity index is 1.58. The lowest BCUT2D eigenvalue weighted by atomic mass is 10.1. The predicted octanol–water partition coefficient (Wildman–Crippen LogP) is 2.74. The van der Waals surface area contributed by atoms with E-state index in [1.165, 1.54) is 11.2 Å². The van der Waals surface area contributed by atoms with Crippen LogP contribution in [-0.4, -0.2) is 55.6 Å². The Kier molecular flexibility index (Phi) is 6.89. The molecule has 7 nitrogen and oxygen atoms in total. The van der Waals surface area contributed by atoms with Crippen LogP contribution in [0.3, 0.4) is 0 Å². The standard InChI is InChI=1S/C21H22F3N3O4S/c1-15(28)25-18-6-2-16(3-7-18)14-20(29)26-10-12-27(13-11-26)32(30,31)19-8-4-17(5-9-19)21(22,23)24/h2-9H,10-14H2,1H3,(H,25,28). The van der Waals surface area contributed by atoms with E-state index in [9.17, 15) is 31.2 Å². The number of nitrogens with one attached hydrogen (secondary N) is 1. The summed E-state index contributed by atoms with van der Waals surface area (Å²) in [6, 6.07) is 10.2. The largest absolute Gasteiger partial charge is 0.416 e. The molecule has 1 saturated heterocycles. The molecule has 1 heterocycles. The molecule has 0 aromatic heterocycles. The Morgan fingerprint density at radius 1 is 0.938 bits per heavy atom. The smallest absolute Gasteiger partial charge is 0.340 e. The van der Waals surface area contributed by atoms with Gasteiger partial charge in [0.05, 0.1) is 16.9 Å². The average Bonchev–Trinajstić information content (AvgIpc) is 2.74. The fourth-order valence-corrected chi connectivity index (χ4v) is 4.76. The van der Waals surface area contributed by atoms with E-state index in [0.717, 1.165) is 29.8 Å². The molecular formula is C21H22F3N3O4S. The quantitative estimate of drug-likeness (QED) is 0.730. The summed E-state index contributed by atoms with van der Waals surface area (Å²) in [4.78, 5) is 25.0. The number of sulfonamides is 1. The molecule has 11 heteroatoms. The van der Waals surface area contributed by atoms with Crippen LogP contribution in [-0.2, 0) is 32.2 Å². The molecule has 0 unspecified atom stereocenters. The Labute approximate surface area is 183 Å². The Hall–Kier alpha value is -2.92. The second-order valence-electron chi connectivity index (χ2n) is 7.36. The fraction of sp³-hybridized carbons (Fsp3) is 0.333. The summed E-state index contributed by atoms with van der Waals surface area (Å²) in [5.41, 5.74) is 0.455. The van der Waals surface area contributed by atoms with Gasteiger partial charge in [0.15, 0.2) is 0 Å². The number of carbonyl (C=O) groups is 2. The minimum Gasteiger partial charge on any atom is -0.340 e. The molecule has 2 aromatic carbocycles. The number of benzene rings is 2. The van der Waals surface area contributed by atoms with Crippen molar-refractivity contribution in [1.29, 1.82) is 0 Å².